The largest absolute Gasteiger partial charge is 0.466 e. The summed E-state index contributed by atoms with van der Waals surface area (Å²) in [6, 6.07) is -0.759. The zero-order chi connectivity index (χ0) is 22.6. The summed E-state index contributed by atoms with van der Waals surface area (Å²) in [6.45, 7) is 9.20. The van der Waals surface area contributed by atoms with E-state index in [0.29, 0.717) is 45.3 Å². The van der Waals surface area contributed by atoms with Crippen molar-refractivity contribution in [3.05, 3.63) is 12.7 Å². The second-order valence-corrected chi connectivity index (χ2v) is 8.70. The fourth-order valence-electron chi connectivity index (χ4n) is 5.54. The Morgan fingerprint density at radius 2 is 2.13 bits per heavy atom. The number of aliphatic hydroxyl groups excluding tert-OH is 1. The topological polar surface area (TPSA) is 96.4 Å². The van der Waals surface area contributed by atoms with Gasteiger partial charge in [-0.15, -0.1) is 6.58 Å². The molecule has 3 saturated heterocycles. The molecule has 3 aliphatic heterocycles. The first-order valence-corrected chi connectivity index (χ1v) is 11.6. The number of hydrogen-bond donors (Lipinski definition) is 1. The lowest BCUT2D eigenvalue weighted by Crippen LogP contribution is -2.56. The third-order valence-corrected chi connectivity index (χ3v) is 6.84. The molecule has 3 rings (SSSR count). The Balaban J connectivity index is 1.96. The lowest BCUT2D eigenvalue weighted by molar-refractivity contribution is -0.155. The molecule has 174 valence electrons. The normalized spacial score (nSPS) is 31.1. The van der Waals surface area contributed by atoms with Crippen LogP contribution in [0.15, 0.2) is 12.7 Å². The number of amides is 2. The zero-order valence-electron chi connectivity index (χ0n) is 18.8. The second kappa shape index (κ2) is 10.1. The van der Waals surface area contributed by atoms with Gasteiger partial charge in [-0.25, -0.2) is 0 Å². The van der Waals surface area contributed by atoms with Crippen LogP contribution in [0.1, 0.15) is 52.4 Å². The van der Waals surface area contributed by atoms with E-state index < -0.39 is 29.4 Å². The molecule has 1 N–H and O–H groups in total. The first-order chi connectivity index (χ1) is 15.0. The maximum atomic E-state index is 13.8. The summed E-state index contributed by atoms with van der Waals surface area (Å²) in [5.74, 6) is -2.11. The highest BCUT2D eigenvalue weighted by Gasteiger charge is 2.74. The predicted octanol–water partition coefficient (Wildman–Crippen LogP) is 1.51. The molecule has 0 aromatic carbocycles. The van der Waals surface area contributed by atoms with Crippen LogP contribution in [0.5, 0.6) is 0 Å². The Hall–Kier alpha value is -1.93. The van der Waals surface area contributed by atoms with Gasteiger partial charge < -0.3 is 24.4 Å². The molecule has 8 heteroatoms. The fourth-order valence-corrected chi connectivity index (χ4v) is 5.54. The van der Waals surface area contributed by atoms with E-state index in [-0.39, 0.29) is 31.1 Å². The van der Waals surface area contributed by atoms with E-state index in [9.17, 15) is 19.5 Å². The number of fused-ring (bicyclic) bond motifs is 1. The van der Waals surface area contributed by atoms with Crippen molar-refractivity contribution in [3.8, 4) is 0 Å². The van der Waals surface area contributed by atoms with Gasteiger partial charge in [0.05, 0.1) is 24.5 Å². The van der Waals surface area contributed by atoms with Gasteiger partial charge in [0.2, 0.25) is 11.8 Å². The Bertz CT molecular complexity index is 698. The minimum absolute atomic E-state index is 0.0261. The van der Waals surface area contributed by atoms with Gasteiger partial charge in [0.25, 0.3) is 0 Å². The quantitative estimate of drug-likeness (QED) is 0.283. The predicted molar refractivity (Wildman–Crippen MR) is 114 cm³/mol. The number of likely N-dealkylation sites (tertiary alicyclic amines) is 1. The van der Waals surface area contributed by atoms with Crippen LogP contribution in [0.2, 0.25) is 0 Å². The minimum atomic E-state index is -0.985. The molecule has 1 spiro atoms. The molecule has 3 fully saturated rings. The van der Waals surface area contributed by atoms with Crippen molar-refractivity contribution in [1.29, 1.82) is 0 Å². The van der Waals surface area contributed by atoms with Gasteiger partial charge in [-0.3, -0.25) is 14.4 Å². The van der Waals surface area contributed by atoms with Crippen LogP contribution in [0.25, 0.3) is 0 Å². The summed E-state index contributed by atoms with van der Waals surface area (Å²) in [6.07, 6.45) is 5.46. The third kappa shape index (κ3) is 4.12. The molecule has 0 aliphatic carbocycles. The maximum Gasteiger partial charge on any atom is 0.312 e. The minimum Gasteiger partial charge on any atom is -0.466 e. The lowest BCUT2D eigenvalue weighted by atomic mass is 9.70. The molecule has 31 heavy (non-hydrogen) atoms. The van der Waals surface area contributed by atoms with Gasteiger partial charge in [-0.05, 0) is 39.0 Å². The number of rotatable bonds is 12. The highest BCUT2D eigenvalue weighted by molar-refractivity contribution is 5.98. The standard InChI is InChI=1S/C23H36N2O6/c1-4-7-13-24(12-5-2)21(28)19-23-11-10-16(31-23)17(22(29)30-6-3)18(23)20(27)25(19)14-8-9-15-26/h5,16-19,26H,2,4,6-15H2,1,3H3/t16-,17+,18-,19?,23?/m0/s1. The van der Waals surface area contributed by atoms with Crippen LogP contribution in [-0.4, -0.2) is 83.3 Å². The average Bonchev–Trinajstić information content (AvgIpc) is 3.39. The summed E-state index contributed by atoms with van der Waals surface area (Å²) in [7, 11) is 0. The van der Waals surface area contributed by atoms with Crippen LogP contribution >= 0.6 is 0 Å². The van der Waals surface area contributed by atoms with Crippen molar-refractivity contribution in [2.45, 2.75) is 70.1 Å². The molecule has 0 saturated carbocycles. The molecule has 2 bridgehead atoms. The van der Waals surface area contributed by atoms with E-state index >= 15 is 0 Å². The molecule has 2 unspecified atom stereocenters. The summed E-state index contributed by atoms with van der Waals surface area (Å²) >= 11 is 0. The monoisotopic (exact) mass is 436 g/mol. The maximum absolute atomic E-state index is 13.8. The van der Waals surface area contributed by atoms with Gasteiger partial charge in [-0.2, -0.15) is 0 Å². The second-order valence-electron chi connectivity index (χ2n) is 8.70. The van der Waals surface area contributed by atoms with E-state index in [1.807, 2.05) is 0 Å². The number of unbranched alkanes of at least 4 members (excludes halogenated alkanes) is 2. The smallest absolute Gasteiger partial charge is 0.312 e. The Morgan fingerprint density at radius 1 is 1.35 bits per heavy atom. The Kier molecular flexibility index (Phi) is 7.75. The van der Waals surface area contributed by atoms with Crippen LogP contribution in [0.3, 0.4) is 0 Å². The van der Waals surface area contributed by atoms with Crippen LogP contribution in [0, 0.1) is 11.8 Å². The van der Waals surface area contributed by atoms with Crippen LogP contribution in [-0.2, 0) is 23.9 Å². The van der Waals surface area contributed by atoms with Crippen LogP contribution in [0.4, 0.5) is 0 Å². The number of ether oxygens (including phenoxy) is 2. The summed E-state index contributed by atoms with van der Waals surface area (Å²) in [4.78, 5) is 43.5. The highest BCUT2D eigenvalue weighted by atomic mass is 16.6. The first-order valence-electron chi connectivity index (χ1n) is 11.6. The molecule has 0 aromatic heterocycles. The van der Waals surface area contributed by atoms with E-state index in [1.165, 1.54) is 0 Å². The number of nitrogens with zero attached hydrogens (tertiary/aromatic N) is 2. The van der Waals surface area contributed by atoms with Crippen molar-refractivity contribution in [2.24, 2.45) is 11.8 Å². The highest BCUT2D eigenvalue weighted by Crippen LogP contribution is 2.58. The SMILES string of the molecule is C=CCN(CCCC)C(=O)C1N(CCCCO)C(=O)[C@@H]2[C@H](C(=O)OCC)[C@@H]3CCC12O3. The van der Waals surface area contributed by atoms with Gasteiger partial charge in [-0.1, -0.05) is 19.4 Å². The fraction of sp³-hybridized carbons (Fsp3) is 0.783. The van der Waals surface area contributed by atoms with E-state index in [0.717, 1.165) is 12.8 Å². The molecule has 0 radical (unpaired) electrons. The molecule has 3 aliphatic rings. The number of carbonyl (C=O) groups is 3. The van der Waals surface area contributed by atoms with Crippen molar-refractivity contribution >= 4 is 17.8 Å². The lowest BCUT2D eigenvalue weighted by Gasteiger charge is -2.36. The average molecular weight is 437 g/mol. The van der Waals surface area contributed by atoms with Crippen LogP contribution < -0.4 is 0 Å². The van der Waals surface area contributed by atoms with Gasteiger partial charge in [0, 0.05) is 26.2 Å². The van der Waals surface area contributed by atoms with Crippen molar-refractivity contribution in [1.82, 2.24) is 9.80 Å². The molecular formula is C23H36N2O6. The van der Waals surface area contributed by atoms with Gasteiger partial charge >= 0.3 is 5.97 Å². The molecule has 5 atom stereocenters. The number of carbonyl (C=O) groups excluding carboxylic acids is 3. The number of esters is 1. The van der Waals surface area contributed by atoms with E-state index in [2.05, 4.69) is 13.5 Å². The summed E-state index contributed by atoms with van der Waals surface area (Å²) in [5, 5.41) is 9.20. The van der Waals surface area contributed by atoms with E-state index in [4.69, 9.17) is 9.47 Å². The van der Waals surface area contributed by atoms with Gasteiger partial charge in [0.15, 0.2) is 0 Å². The number of aliphatic hydroxyl groups is 1. The van der Waals surface area contributed by atoms with Gasteiger partial charge in [0.1, 0.15) is 11.6 Å². The van der Waals surface area contributed by atoms with Crippen molar-refractivity contribution in [3.63, 3.8) is 0 Å². The zero-order valence-corrected chi connectivity index (χ0v) is 18.8. The Morgan fingerprint density at radius 3 is 2.77 bits per heavy atom. The molecule has 2 amide bonds. The first kappa shape index (κ1) is 23.7. The molecule has 8 nitrogen and oxygen atoms in total. The summed E-state index contributed by atoms with van der Waals surface area (Å²) < 4.78 is 11.6. The number of hydrogen-bond acceptors (Lipinski definition) is 6. The summed E-state index contributed by atoms with van der Waals surface area (Å²) in [5.41, 5.74) is -0.985. The molecule has 0 aromatic rings. The third-order valence-electron chi connectivity index (χ3n) is 6.84. The Labute approximate surface area is 184 Å². The van der Waals surface area contributed by atoms with E-state index in [1.54, 1.807) is 22.8 Å². The molecular weight excluding hydrogens is 400 g/mol. The van der Waals surface area contributed by atoms with Crippen molar-refractivity contribution < 1.29 is 29.0 Å². The molecule has 3 heterocycles. The van der Waals surface area contributed by atoms with Crippen molar-refractivity contribution in [2.75, 3.05) is 32.8 Å².